The summed E-state index contributed by atoms with van der Waals surface area (Å²) in [7, 11) is -3.70. The maximum atomic E-state index is 13.1. The van der Waals surface area contributed by atoms with Crippen molar-refractivity contribution >= 4 is 21.7 Å². The van der Waals surface area contributed by atoms with Crippen molar-refractivity contribution in [3.05, 3.63) is 60.2 Å². The van der Waals surface area contributed by atoms with Gasteiger partial charge in [-0.1, -0.05) is 35.9 Å². The fourth-order valence-corrected chi connectivity index (χ4v) is 4.99. The third kappa shape index (κ3) is 2.76. The van der Waals surface area contributed by atoms with Crippen LogP contribution in [-0.4, -0.2) is 44.2 Å². The van der Waals surface area contributed by atoms with E-state index in [4.69, 9.17) is 0 Å². The molecule has 2 amide bonds. The number of rotatable bonds is 3. The molecule has 4 rings (SSSR count). The molecule has 2 atom stereocenters. The first-order chi connectivity index (χ1) is 12.5. The molecule has 0 saturated carbocycles. The molecule has 2 N–H and O–H groups in total. The minimum Gasteiger partial charge on any atom is -0.318 e. The van der Waals surface area contributed by atoms with Crippen molar-refractivity contribution in [2.75, 3.05) is 18.0 Å². The van der Waals surface area contributed by atoms with Crippen LogP contribution >= 0.6 is 0 Å². The van der Waals surface area contributed by atoms with E-state index in [2.05, 4.69) is 10.6 Å². The van der Waals surface area contributed by atoms with Crippen LogP contribution in [0.15, 0.2) is 59.5 Å². The van der Waals surface area contributed by atoms with Crippen LogP contribution in [0.3, 0.4) is 0 Å². The molecule has 136 valence electrons. The topological polar surface area (TPSA) is 81.8 Å². The molecule has 8 heteroatoms. The van der Waals surface area contributed by atoms with E-state index < -0.39 is 22.4 Å². The van der Waals surface area contributed by atoms with Crippen molar-refractivity contribution in [3.8, 4) is 0 Å². The van der Waals surface area contributed by atoms with Crippen LogP contribution in [0.5, 0.6) is 0 Å². The van der Waals surface area contributed by atoms with Gasteiger partial charge in [0.25, 0.3) is 0 Å². The number of hydrogen-bond donors (Lipinski definition) is 2. The summed E-state index contributed by atoms with van der Waals surface area (Å²) in [6, 6.07) is 15.6. The van der Waals surface area contributed by atoms with Crippen LogP contribution in [0.1, 0.15) is 5.56 Å². The zero-order chi connectivity index (χ0) is 18.3. The van der Waals surface area contributed by atoms with E-state index in [0.29, 0.717) is 13.1 Å². The highest BCUT2D eigenvalue weighted by Gasteiger charge is 2.49. The van der Waals surface area contributed by atoms with Crippen LogP contribution in [0.2, 0.25) is 0 Å². The zero-order valence-corrected chi connectivity index (χ0v) is 15.1. The number of urea groups is 1. The number of anilines is 1. The van der Waals surface area contributed by atoms with Crippen LogP contribution in [0.25, 0.3) is 0 Å². The summed E-state index contributed by atoms with van der Waals surface area (Å²) in [4.78, 5) is 14.4. The lowest BCUT2D eigenvalue weighted by Crippen LogP contribution is -2.63. The molecule has 2 aromatic carbocycles. The van der Waals surface area contributed by atoms with Gasteiger partial charge in [-0.3, -0.25) is 10.2 Å². The molecule has 0 spiro atoms. The molecule has 2 unspecified atom stereocenters. The number of nitrogens with one attached hydrogen (secondary N) is 2. The number of carbonyl (C=O) groups excluding carboxylic acids is 1. The Bertz CT molecular complexity index is 915. The Morgan fingerprint density at radius 3 is 2.38 bits per heavy atom. The quantitative estimate of drug-likeness (QED) is 0.855. The van der Waals surface area contributed by atoms with Gasteiger partial charge in [0.05, 0.1) is 4.90 Å². The van der Waals surface area contributed by atoms with Gasteiger partial charge in [0, 0.05) is 18.8 Å². The minimum atomic E-state index is -3.70. The lowest BCUT2D eigenvalue weighted by Gasteiger charge is -2.38. The van der Waals surface area contributed by atoms with E-state index in [1.165, 1.54) is 4.31 Å². The Morgan fingerprint density at radius 1 is 1.00 bits per heavy atom. The largest absolute Gasteiger partial charge is 0.324 e. The lowest BCUT2D eigenvalue weighted by molar-refractivity contribution is 0.213. The van der Waals surface area contributed by atoms with Gasteiger partial charge in [0.1, 0.15) is 12.3 Å². The molecule has 2 aliphatic heterocycles. The predicted molar refractivity (Wildman–Crippen MR) is 98.1 cm³/mol. The zero-order valence-electron chi connectivity index (χ0n) is 14.3. The van der Waals surface area contributed by atoms with Gasteiger partial charge in [-0.25, -0.2) is 13.2 Å². The number of nitrogens with zero attached hydrogens (tertiary/aromatic N) is 2. The molecule has 0 aliphatic carbocycles. The Hall–Kier alpha value is -2.42. The van der Waals surface area contributed by atoms with Crippen molar-refractivity contribution in [2.45, 2.75) is 24.2 Å². The number of carbonyl (C=O) groups is 1. The van der Waals surface area contributed by atoms with E-state index in [9.17, 15) is 13.2 Å². The van der Waals surface area contributed by atoms with Gasteiger partial charge in [-0.05, 0) is 31.2 Å². The maximum Gasteiger partial charge on any atom is 0.324 e. The molecule has 26 heavy (non-hydrogen) atoms. The summed E-state index contributed by atoms with van der Waals surface area (Å²) in [6.45, 7) is 2.73. The molecule has 7 nitrogen and oxygen atoms in total. The van der Waals surface area contributed by atoms with Crippen molar-refractivity contribution in [2.24, 2.45) is 0 Å². The number of piperazine rings is 1. The van der Waals surface area contributed by atoms with Crippen LogP contribution in [-0.2, 0) is 10.0 Å². The number of aryl methyl sites for hydroxylation is 1. The van der Waals surface area contributed by atoms with E-state index in [0.717, 1.165) is 11.3 Å². The fourth-order valence-electron chi connectivity index (χ4n) is 3.42. The Labute approximate surface area is 152 Å². The molecule has 0 radical (unpaired) electrons. The number of fused-ring (bicyclic) bond motifs is 1. The van der Waals surface area contributed by atoms with Crippen LogP contribution in [0.4, 0.5) is 10.5 Å². The highest BCUT2D eigenvalue weighted by Crippen LogP contribution is 2.29. The minimum absolute atomic E-state index is 0.226. The first-order valence-electron chi connectivity index (χ1n) is 8.45. The Balaban J connectivity index is 1.68. The summed E-state index contributed by atoms with van der Waals surface area (Å²) in [6.07, 6.45) is -1.12. The molecule has 0 bridgehead atoms. The maximum absolute atomic E-state index is 13.1. The summed E-state index contributed by atoms with van der Waals surface area (Å²) in [5.74, 6) is 0. The number of benzene rings is 2. The van der Waals surface area contributed by atoms with Gasteiger partial charge in [-0.15, -0.1) is 0 Å². The summed E-state index contributed by atoms with van der Waals surface area (Å²) < 4.78 is 27.5. The first-order valence-corrected chi connectivity index (χ1v) is 9.89. The Morgan fingerprint density at radius 2 is 1.69 bits per heavy atom. The first kappa shape index (κ1) is 17.0. The third-order valence-corrected chi connectivity index (χ3v) is 6.62. The highest BCUT2D eigenvalue weighted by atomic mass is 32.2. The standard InChI is InChI=1S/C18H20N4O3S/c1-13-7-9-14(10-8-13)22-16-17(20-18(22)23)21(12-11-19-16)26(24,25)15-5-3-2-4-6-15/h2-10,16-17,19H,11-12H2,1H3,(H,20,23). The SMILES string of the molecule is Cc1ccc(N2C(=O)NC3C2NCCN3S(=O)(=O)c2ccccc2)cc1. The monoisotopic (exact) mass is 372 g/mol. The van der Waals surface area contributed by atoms with Crippen LogP contribution in [0, 0.1) is 6.92 Å². The molecule has 0 aromatic heterocycles. The molecule has 2 heterocycles. The molecule has 2 saturated heterocycles. The molecular weight excluding hydrogens is 352 g/mol. The summed E-state index contributed by atoms with van der Waals surface area (Å²) in [5, 5.41) is 6.08. The molecule has 2 aromatic rings. The van der Waals surface area contributed by atoms with Gasteiger partial charge < -0.3 is 5.32 Å². The predicted octanol–water partition coefficient (Wildman–Crippen LogP) is 1.47. The molecule has 2 aliphatic rings. The average molecular weight is 372 g/mol. The molecule has 2 fully saturated rings. The number of amides is 2. The van der Waals surface area contributed by atoms with Crippen molar-refractivity contribution < 1.29 is 13.2 Å². The third-order valence-electron chi connectivity index (χ3n) is 4.73. The van der Waals surface area contributed by atoms with Gasteiger partial charge >= 0.3 is 6.03 Å². The number of sulfonamides is 1. The second-order valence-electron chi connectivity index (χ2n) is 6.43. The van der Waals surface area contributed by atoms with E-state index in [-0.39, 0.29) is 10.9 Å². The van der Waals surface area contributed by atoms with Crippen LogP contribution < -0.4 is 15.5 Å². The van der Waals surface area contributed by atoms with E-state index >= 15 is 0 Å². The molecular formula is C18H20N4O3S. The number of hydrogen-bond acceptors (Lipinski definition) is 4. The smallest absolute Gasteiger partial charge is 0.318 e. The summed E-state index contributed by atoms with van der Waals surface area (Å²) in [5.41, 5.74) is 1.82. The average Bonchev–Trinajstić information content (AvgIpc) is 2.99. The Kier molecular flexibility index (Phi) is 4.18. The van der Waals surface area contributed by atoms with Crippen molar-refractivity contribution in [3.63, 3.8) is 0 Å². The second kappa shape index (κ2) is 6.39. The second-order valence-corrected chi connectivity index (χ2v) is 8.32. The summed E-state index contributed by atoms with van der Waals surface area (Å²) >= 11 is 0. The van der Waals surface area contributed by atoms with Crippen molar-refractivity contribution in [1.82, 2.24) is 14.9 Å². The fraction of sp³-hybridized carbons (Fsp3) is 0.278. The van der Waals surface area contributed by atoms with E-state index in [1.54, 1.807) is 35.2 Å². The van der Waals surface area contributed by atoms with E-state index in [1.807, 2.05) is 31.2 Å². The van der Waals surface area contributed by atoms with Gasteiger partial charge in [-0.2, -0.15) is 4.31 Å². The van der Waals surface area contributed by atoms with Crippen molar-refractivity contribution in [1.29, 1.82) is 0 Å². The normalized spacial score (nSPS) is 23.6. The highest BCUT2D eigenvalue weighted by molar-refractivity contribution is 7.89. The van der Waals surface area contributed by atoms with Gasteiger partial charge in [0.15, 0.2) is 0 Å². The van der Waals surface area contributed by atoms with Gasteiger partial charge in [0.2, 0.25) is 10.0 Å². The lowest BCUT2D eigenvalue weighted by atomic mass is 10.2.